The van der Waals surface area contributed by atoms with Crippen molar-refractivity contribution in [2.45, 2.75) is 31.6 Å². The summed E-state index contributed by atoms with van der Waals surface area (Å²) in [6.07, 6.45) is -4.95. The lowest BCUT2D eigenvalue weighted by Crippen LogP contribution is -2.49. The van der Waals surface area contributed by atoms with Crippen molar-refractivity contribution in [2.75, 3.05) is 5.32 Å². The molecule has 0 saturated heterocycles. The van der Waals surface area contributed by atoms with Crippen molar-refractivity contribution in [3.05, 3.63) is 87.3 Å². The van der Waals surface area contributed by atoms with Crippen LogP contribution in [0.1, 0.15) is 27.2 Å². The lowest BCUT2D eigenvalue weighted by Gasteiger charge is -2.18. The number of alkyl halides is 3. The number of hydrogen-bond acceptors (Lipinski definition) is 5. The number of aliphatic carboxylic acids is 1. The molecule has 8 nitrogen and oxygen atoms in total. The Bertz CT molecular complexity index is 1460. The molecule has 2 atom stereocenters. The van der Waals surface area contributed by atoms with Crippen LogP contribution in [0.5, 0.6) is 0 Å². The average Bonchev–Trinajstić information content (AvgIpc) is 3.18. The van der Waals surface area contributed by atoms with Crippen molar-refractivity contribution in [1.82, 2.24) is 9.88 Å². The predicted molar refractivity (Wildman–Crippen MR) is 128 cm³/mol. The highest BCUT2D eigenvalue weighted by molar-refractivity contribution is 6.21. The molecule has 192 valence electrons. The van der Waals surface area contributed by atoms with Crippen LogP contribution in [0.15, 0.2) is 59.4 Å². The van der Waals surface area contributed by atoms with E-state index in [-0.39, 0.29) is 17.7 Å². The number of benzene rings is 2. The highest BCUT2D eigenvalue weighted by Crippen LogP contribution is 2.36. The molecule has 0 aliphatic carbocycles. The number of carboxylic acid groups (broad SMARTS) is 1. The van der Waals surface area contributed by atoms with E-state index >= 15 is 0 Å². The highest BCUT2D eigenvalue weighted by Gasteiger charge is 2.37. The van der Waals surface area contributed by atoms with Gasteiger partial charge in [-0.05, 0) is 36.2 Å². The first-order valence-corrected chi connectivity index (χ1v) is 11.2. The molecule has 0 fully saturated rings. The zero-order chi connectivity index (χ0) is 27.1. The number of nitrogens with zero attached hydrogens (tertiary/aromatic N) is 1. The second-order valence-electron chi connectivity index (χ2n) is 8.72. The molecule has 11 heteroatoms. The molecule has 0 radical (unpaired) electrons. The van der Waals surface area contributed by atoms with Crippen molar-refractivity contribution in [3.8, 4) is 11.1 Å². The van der Waals surface area contributed by atoms with Gasteiger partial charge in [-0.2, -0.15) is 13.2 Å². The summed E-state index contributed by atoms with van der Waals surface area (Å²) in [5.74, 6) is -2.66. The second kappa shape index (κ2) is 9.57. The summed E-state index contributed by atoms with van der Waals surface area (Å²) in [5.41, 5.74) is -1.04. The third kappa shape index (κ3) is 4.97. The quantitative estimate of drug-likeness (QED) is 0.436. The minimum absolute atomic E-state index is 0.0195. The number of Topliss-reactive ketones (excluding diaryl/α,β-unsaturated/α-hetero) is 1. The number of anilines is 1. The van der Waals surface area contributed by atoms with Gasteiger partial charge in [0, 0.05) is 30.4 Å². The molecule has 0 saturated carbocycles. The molecule has 4 rings (SSSR count). The maximum absolute atomic E-state index is 13.6. The number of ketones is 1. The van der Waals surface area contributed by atoms with Crippen molar-refractivity contribution in [1.29, 1.82) is 0 Å². The van der Waals surface area contributed by atoms with Crippen LogP contribution in [0.25, 0.3) is 11.1 Å². The zero-order valence-corrected chi connectivity index (χ0v) is 19.7. The van der Waals surface area contributed by atoms with E-state index in [9.17, 15) is 37.5 Å². The molecular weight excluding hydrogens is 491 g/mol. The summed E-state index contributed by atoms with van der Waals surface area (Å²) in [7, 11) is 1.37. The summed E-state index contributed by atoms with van der Waals surface area (Å²) in [6.45, 7) is 1.40. The smallest absolute Gasteiger partial charge is 0.417 e. The van der Waals surface area contributed by atoms with E-state index in [0.29, 0.717) is 16.8 Å². The first-order valence-electron chi connectivity index (χ1n) is 11.2. The Labute approximate surface area is 208 Å². The van der Waals surface area contributed by atoms with Gasteiger partial charge in [0.25, 0.3) is 11.5 Å². The number of aryl methyl sites for hydroxylation is 1. The third-order valence-electron chi connectivity index (χ3n) is 6.29. The largest absolute Gasteiger partial charge is 0.480 e. The fourth-order valence-electron chi connectivity index (χ4n) is 4.21. The van der Waals surface area contributed by atoms with E-state index in [4.69, 9.17) is 0 Å². The van der Waals surface area contributed by atoms with Gasteiger partial charge in [-0.15, -0.1) is 0 Å². The Morgan fingerprint density at radius 3 is 2.35 bits per heavy atom. The lowest BCUT2D eigenvalue weighted by molar-refractivity contribution is -0.141. The summed E-state index contributed by atoms with van der Waals surface area (Å²) in [6, 6.07) is 10.1. The average molecular weight is 513 g/mol. The van der Waals surface area contributed by atoms with Crippen LogP contribution in [0, 0.1) is 6.92 Å². The van der Waals surface area contributed by atoms with Crippen molar-refractivity contribution in [2.24, 2.45) is 7.05 Å². The molecule has 1 amide bonds. The molecule has 3 N–H and O–H groups in total. The number of nitrogens with one attached hydrogen (secondary N) is 2. The van der Waals surface area contributed by atoms with Gasteiger partial charge >= 0.3 is 12.1 Å². The van der Waals surface area contributed by atoms with Gasteiger partial charge in [-0.1, -0.05) is 36.4 Å². The van der Waals surface area contributed by atoms with E-state index < -0.39 is 52.6 Å². The number of para-hydroxylation sites is 1. The van der Waals surface area contributed by atoms with Crippen LogP contribution in [-0.2, 0) is 29.2 Å². The number of carbonyl (C=O) groups excluding carboxylic acids is 2. The summed E-state index contributed by atoms with van der Waals surface area (Å²) in [5, 5.41) is 14.7. The van der Waals surface area contributed by atoms with Gasteiger partial charge in [0.15, 0.2) is 11.8 Å². The Balaban J connectivity index is 1.55. The Kier molecular flexibility index (Phi) is 6.64. The number of aromatic nitrogens is 1. The molecule has 0 spiro atoms. The number of hydrogen-bond donors (Lipinski definition) is 3. The standard InChI is InChI=1S/C26H22F3N3O5/c1-13-11-17(26(27,28)29)20(24(35)32(13)2)15-9-7-14(8-10-15)12-19(25(36)37)31-23(34)21-22(33)16-5-3-4-6-18(16)30-21/h3-11,19,21,30H,12H2,1-2H3,(H,31,34)(H,36,37)/t19-,21?/m0/s1. The predicted octanol–water partition coefficient (Wildman–Crippen LogP) is 3.17. The molecule has 1 unspecified atom stereocenters. The number of amides is 1. The third-order valence-corrected chi connectivity index (χ3v) is 6.29. The fourth-order valence-corrected chi connectivity index (χ4v) is 4.21. The van der Waals surface area contributed by atoms with Crippen LogP contribution in [0.3, 0.4) is 0 Å². The number of halogens is 3. The zero-order valence-electron chi connectivity index (χ0n) is 19.7. The van der Waals surface area contributed by atoms with Crippen LogP contribution in [0.2, 0.25) is 0 Å². The number of pyridine rings is 1. The van der Waals surface area contributed by atoms with Crippen molar-refractivity contribution in [3.63, 3.8) is 0 Å². The van der Waals surface area contributed by atoms with E-state index in [0.717, 1.165) is 10.6 Å². The normalized spacial score (nSPS) is 15.6. The number of fused-ring (bicyclic) bond motifs is 1. The molecule has 0 bridgehead atoms. The van der Waals surface area contributed by atoms with Gasteiger partial charge < -0.3 is 20.3 Å². The van der Waals surface area contributed by atoms with Crippen LogP contribution >= 0.6 is 0 Å². The summed E-state index contributed by atoms with van der Waals surface area (Å²) < 4.78 is 42.1. The lowest BCUT2D eigenvalue weighted by atomic mass is 9.97. The molecule has 2 aromatic carbocycles. The first kappa shape index (κ1) is 25.7. The minimum Gasteiger partial charge on any atom is -0.480 e. The molecule has 1 aromatic heterocycles. The van der Waals surface area contributed by atoms with Gasteiger partial charge in [0.1, 0.15) is 6.04 Å². The number of rotatable bonds is 6. The molecule has 2 heterocycles. The molecular formula is C26H22F3N3O5. The second-order valence-corrected chi connectivity index (χ2v) is 8.72. The summed E-state index contributed by atoms with van der Waals surface area (Å²) in [4.78, 5) is 49.7. The SMILES string of the molecule is Cc1cc(C(F)(F)F)c(-c2ccc(C[C@H](NC(=O)C3Nc4ccccc4C3=O)C(=O)O)cc2)c(=O)n1C. The van der Waals surface area contributed by atoms with Gasteiger partial charge in [0.05, 0.1) is 11.1 Å². The maximum Gasteiger partial charge on any atom is 0.417 e. The molecule has 37 heavy (non-hydrogen) atoms. The molecule has 3 aromatic rings. The van der Waals surface area contributed by atoms with Crippen LogP contribution < -0.4 is 16.2 Å². The van der Waals surface area contributed by atoms with E-state index in [1.165, 1.54) is 38.2 Å². The van der Waals surface area contributed by atoms with E-state index in [1.54, 1.807) is 24.3 Å². The first-order chi connectivity index (χ1) is 17.4. The highest BCUT2D eigenvalue weighted by atomic mass is 19.4. The van der Waals surface area contributed by atoms with Crippen molar-refractivity contribution < 1.29 is 32.7 Å². The van der Waals surface area contributed by atoms with E-state index in [1.807, 2.05) is 0 Å². The van der Waals surface area contributed by atoms with Gasteiger partial charge in [0.2, 0.25) is 0 Å². The molecule has 1 aliphatic rings. The Morgan fingerprint density at radius 2 is 1.76 bits per heavy atom. The van der Waals surface area contributed by atoms with Crippen molar-refractivity contribution >= 4 is 23.3 Å². The van der Waals surface area contributed by atoms with Crippen LogP contribution in [-0.4, -0.2) is 39.4 Å². The van der Waals surface area contributed by atoms with Crippen LogP contribution in [0.4, 0.5) is 18.9 Å². The topological polar surface area (TPSA) is 118 Å². The maximum atomic E-state index is 13.6. The monoisotopic (exact) mass is 513 g/mol. The van der Waals surface area contributed by atoms with Gasteiger partial charge in [-0.25, -0.2) is 4.79 Å². The Hall–Kier alpha value is -4.41. The molecule has 1 aliphatic heterocycles. The minimum atomic E-state index is -4.75. The number of carbonyl (C=O) groups is 3. The summed E-state index contributed by atoms with van der Waals surface area (Å²) >= 11 is 0. The Morgan fingerprint density at radius 1 is 1.11 bits per heavy atom. The van der Waals surface area contributed by atoms with Gasteiger partial charge in [-0.3, -0.25) is 14.4 Å². The fraction of sp³-hybridized carbons (Fsp3) is 0.231. The van der Waals surface area contributed by atoms with E-state index in [2.05, 4.69) is 10.6 Å². The number of carboxylic acids is 1.